The molecule has 0 bridgehead atoms. The summed E-state index contributed by atoms with van der Waals surface area (Å²) in [5.74, 6) is 4.37. The average molecular weight is 298 g/mol. The molecule has 9 heteroatoms. The van der Waals surface area contributed by atoms with E-state index in [0.29, 0.717) is 10.8 Å². The summed E-state index contributed by atoms with van der Waals surface area (Å²) in [6, 6.07) is 8.86. The summed E-state index contributed by atoms with van der Waals surface area (Å²) in [4.78, 5) is -0.198. The van der Waals surface area contributed by atoms with Crippen molar-refractivity contribution in [1.29, 1.82) is 0 Å². The molecular weight excluding hydrogens is 284 g/mol. The minimum absolute atomic E-state index is 0.0430. The Morgan fingerprint density at radius 1 is 1.15 bits per heavy atom. The van der Waals surface area contributed by atoms with Crippen LogP contribution in [-0.4, -0.2) is 24.0 Å². The van der Waals surface area contributed by atoms with Gasteiger partial charge in [0.15, 0.2) is 0 Å². The molecule has 0 heterocycles. The standard InChI is InChI=1S/C10H8O4S.CH6N4/c11-8-5-4-7-2-1-3-10(9(7)6-8)15(12,13)14;2-1(3)5-4/h1-6,11H,(H,12,13,14);4H2,(H4,2,3,5). The lowest BCUT2D eigenvalue weighted by Crippen LogP contribution is -2.23. The molecule has 2 aromatic rings. The fraction of sp³-hybridized carbons (Fsp3) is 0. The molecule has 0 saturated carbocycles. The molecule has 0 aromatic heterocycles. The molecule has 0 aliphatic heterocycles. The first kappa shape index (κ1) is 15.5. The molecule has 2 aromatic carbocycles. The second-order valence-electron chi connectivity index (χ2n) is 3.69. The highest BCUT2D eigenvalue weighted by atomic mass is 32.2. The van der Waals surface area contributed by atoms with Gasteiger partial charge in [0, 0.05) is 5.39 Å². The normalized spacial score (nSPS) is 10.4. The van der Waals surface area contributed by atoms with Crippen LogP contribution in [0.3, 0.4) is 0 Å². The van der Waals surface area contributed by atoms with Crippen molar-refractivity contribution >= 4 is 26.9 Å². The van der Waals surface area contributed by atoms with Crippen LogP contribution in [0.4, 0.5) is 0 Å². The number of rotatable bonds is 1. The van der Waals surface area contributed by atoms with Crippen molar-refractivity contribution in [3.63, 3.8) is 0 Å². The molecule has 0 fully saturated rings. The minimum Gasteiger partial charge on any atom is -0.508 e. The maximum atomic E-state index is 11.0. The number of phenolic OH excluding ortho intramolecular Hbond substituents is 1. The van der Waals surface area contributed by atoms with E-state index in [1.807, 2.05) is 0 Å². The molecule has 0 aliphatic rings. The summed E-state index contributed by atoms with van der Waals surface area (Å²) in [5, 5.41) is 13.1. The summed E-state index contributed by atoms with van der Waals surface area (Å²) in [5.41, 5.74) is 9.39. The van der Waals surface area contributed by atoms with Crippen molar-refractivity contribution in [2.24, 2.45) is 22.4 Å². The molecule has 8 nitrogen and oxygen atoms in total. The van der Waals surface area contributed by atoms with Crippen LogP contribution in [0.1, 0.15) is 0 Å². The Labute approximate surface area is 115 Å². The minimum atomic E-state index is -4.26. The van der Waals surface area contributed by atoms with Crippen LogP contribution >= 0.6 is 0 Å². The van der Waals surface area contributed by atoms with Crippen LogP contribution in [0.5, 0.6) is 5.75 Å². The second-order valence-corrected chi connectivity index (χ2v) is 5.08. The van der Waals surface area contributed by atoms with Gasteiger partial charge in [0.1, 0.15) is 10.6 Å². The third-order valence-electron chi connectivity index (χ3n) is 2.25. The Morgan fingerprint density at radius 3 is 2.25 bits per heavy atom. The highest BCUT2D eigenvalue weighted by Crippen LogP contribution is 2.26. The Kier molecular flexibility index (Phi) is 4.73. The summed E-state index contributed by atoms with van der Waals surface area (Å²) in [7, 11) is -4.26. The van der Waals surface area contributed by atoms with Crippen molar-refractivity contribution in [2.45, 2.75) is 4.90 Å². The largest absolute Gasteiger partial charge is 0.508 e. The SMILES string of the molecule is NN=C(N)N.O=S(=O)(O)c1cccc2ccc(O)cc12. The van der Waals surface area contributed by atoms with Gasteiger partial charge in [-0.3, -0.25) is 4.55 Å². The van der Waals surface area contributed by atoms with Gasteiger partial charge in [-0.15, -0.1) is 5.10 Å². The van der Waals surface area contributed by atoms with Crippen molar-refractivity contribution in [1.82, 2.24) is 0 Å². The molecule has 8 N–H and O–H groups in total. The Hall–Kier alpha value is -2.52. The summed E-state index contributed by atoms with van der Waals surface area (Å²) in [6.45, 7) is 0. The first-order chi connectivity index (χ1) is 9.25. The van der Waals surface area contributed by atoms with Crippen LogP contribution in [-0.2, 0) is 10.1 Å². The summed E-state index contributed by atoms with van der Waals surface area (Å²) < 4.78 is 31.0. The lowest BCUT2D eigenvalue weighted by atomic mass is 10.1. The van der Waals surface area contributed by atoms with Gasteiger partial charge < -0.3 is 22.4 Å². The van der Waals surface area contributed by atoms with Gasteiger partial charge in [-0.2, -0.15) is 8.42 Å². The van der Waals surface area contributed by atoms with E-state index in [9.17, 15) is 13.5 Å². The van der Waals surface area contributed by atoms with E-state index in [4.69, 9.17) is 16.0 Å². The van der Waals surface area contributed by atoms with Crippen LogP contribution in [0.25, 0.3) is 10.8 Å². The Balaban J connectivity index is 0.000000347. The molecule has 0 aliphatic carbocycles. The van der Waals surface area contributed by atoms with Crippen LogP contribution in [0.15, 0.2) is 46.4 Å². The lowest BCUT2D eigenvalue weighted by molar-refractivity contribution is 0.476. The number of benzene rings is 2. The zero-order chi connectivity index (χ0) is 15.3. The molecule has 2 rings (SSSR count). The number of hydrogen-bond acceptors (Lipinski definition) is 5. The van der Waals surface area contributed by atoms with E-state index >= 15 is 0 Å². The van der Waals surface area contributed by atoms with Gasteiger partial charge in [0.05, 0.1) is 0 Å². The maximum Gasteiger partial charge on any atom is 0.295 e. The molecule has 0 saturated heterocycles. The molecule has 0 spiro atoms. The van der Waals surface area contributed by atoms with Gasteiger partial charge in [-0.1, -0.05) is 18.2 Å². The molecule has 0 atom stereocenters. The number of nitrogens with zero attached hydrogens (tertiary/aromatic N) is 1. The Morgan fingerprint density at radius 2 is 1.75 bits per heavy atom. The molecule has 20 heavy (non-hydrogen) atoms. The number of hydrogen-bond donors (Lipinski definition) is 5. The highest BCUT2D eigenvalue weighted by molar-refractivity contribution is 7.86. The van der Waals surface area contributed by atoms with Gasteiger partial charge in [0.25, 0.3) is 10.1 Å². The molecule has 108 valence electrons. The number of fused-ring (bicyclic) bond motifs is 1. The first-order valence-corrected chi connectivity index (χ1v) is 6.67. The van der Waals surface area contributed by atoms with E-state index in [-0.39, 0.29) is 16.6 Å². The predicted molar refractivity (Wildman–Crippen MR) is 75.4 cm³/mol. The van der Waals surface area contributed by atoms with Gasteiger partial charge in [-0.05, 0) is 23.6 Å². The van der Waals surface area contributed by atoms with Crippen molar-refractivity contribution in [3.8, 4) is 5.75 Å². The maximum absolute atomic E-state index is 11.0. The predicted octanol–water partition coefficient (Wildman–Crippen LogP) is -0.0744. The Bertz CT molecular complexity index is 739. The van der Waals surface area contributed by atoms with Crippen LogP contribution in [0.2, 0.25) is 0 Å². The summed E-state index contributed by atoms with van der Waals surface area (Å²) >= 11 is 0. The zero-order valence-electron chi connectivity index (χ0n) is 10.3. The third kappa shape index (κ3) is 4.00. The third-order valence-corrected chi connectivity index (χ3v) is 3.16. The molecular formula is C11H14N4O4S. The quantitative estimate of drug-likeness (QED) is 0.161. The van der Waals surface area contributed by atoms with E-state index in [1.54, 1.807) is 12.1 Å². The van der Waals surface area contributed by atoms with E-state index < -0.39 is 10.1 Å². The van der Waals surface area contributed by atoms with Crippen molar-refractivity contribution in [3.05, 3.63) is 36.4 Å². The fourth-order valence-electron chi connectivity index (χ4n) is 1.46. The average Bonchev–Trinajstić information content (AvgIpc) is 2.37. The second kappa shape index (κ2) is 6.08. The van der Waals surface area contributed by atoms with Gasteiger partial charge in [-0.25, -0.2) is 0 Å². The number of aromatic hydroxyl groups is 1. The highest BCUT2D eigenvalue weighted by Gasteiger charge is 2.13. The molecule has 0 radical (unpaired) electrons. The van der Waals surface area contributed by atoms with Crippen molar-refractivity contribution < 1.29 is 18.1 Å². The zero-order valence-corrected chi connectivity index (χ0v) is 11.1. The topological polar surface area (TPSA) is 165 Å². The lowest BCUT2D eigenvalue weighted by Gasteiger charge is -2.03. The van der Waals surface area contributed by atoms with Gasteiger partial charge >= 0.3 is 0 Å². The smallest absolute Gasteiger partial charge is 0.295 e. The van der Waals surface area contributed by atoms with Crippen LogP contribution in [0, 0.1) is 0 Å². The number of phenols is 1. The van der Waals surface area contributed by atoms with E-state index in [0.717, 1.165) is 0 Å². The van der Waals surface area contributed by atoms with Gasteiger partial charge in [0.2, 0.25) is 5.96 Å². The number of nitrogens with two attached hydrogens (primary N) is 3. The van der Waals surface area contributed by atoms with Crippen LogP contribution < -0.4 is 17.3 Å². The molecule has 0 unspecified atom stereocenters. The fourth-order valence-corrected chi connectivity index (χ4v) is 2.16. The van der Waals surface area contributed by atoms with E-state index in [2.05, 4.69) is 10.9 Å². The molecule has 0 amide bonds. The number of guanidine groups is 1. The van der Waals surface area contributed by atoms with Crippen molar-refractivity contribution in [2.75, 3.05) is 0 Å². The van der Waals surface area contributed by atoms with E-state index in [1.165, 1.54) is 24.3 Å². The summed E-state index contributed by atoms with van der Waals surface area (Å²) in [6.07, 6.45) is 0. The monoisotopic (exact) mass is 298 g/mol. The number of hydrazone groups is 1. The first-order valence-electron chi connectivity index (χ1n) is 5.23.